The van der Waals surface area contributed by atoms with Crippen LogP contribution >= 0.6 is 0 Å². The van der Waals surface area contributed by atoms with E-state index in [1.54, 1.807) is 0 Å². The number of carboxylic acid groups (broad SMARTS) is 1. The minimum absolute atomic E-state index is 0.0749. The number of hydrogen-bond donors (Lipinski definition) is 2. The van der Waals surface area contributed by atoms with Gasteiger partial charge in [0.05, 0.1) is 0 Å². The second-order valence-electron chi connectivity index (χ2n) is 8.18. The van der Waals surface area contributed by atoms with Crippen molar-refractivity contribution in [2.75, 3.05) is 19.8 Å². The van der Waals surface area contributed by atoms with Crippen molar-refractivity contribution in [1.82, 2.24) is 4.90 Å². The summed E-state index contributed by atoms with van der Waals surface area (Å²) >= 11 is 0. The topological polar surface area (TPSA) is 70.0 Å². The number of aliphatic hydroxyl groups excluding tert-OH is 1. The molecule has 0 saturated carbocycles. The van der Waals surface area contributed by atoms with Crippen LogP contribution in [-0.2, 0) is 4.43 Å². The van der Waals surface area contributed by atoms with Crippen molar-refractivity contribution >= 4 is 14.4 Å². The van der Waals surface area contributed by atoms with E-state index in [9.17, 15) is 15.0 Å². The molecule has 1 atom stereocenters. The molecule has 0 aliphatic rings. The van der Waals surface area contributed by atoms with Gasteiger partial charge in [-0.25, -0.2) is 4.79 Å². The van der Waals surface area contributed by atoms with Crippen LogP contribution in [0.3, 0.4) is 0 Å². The molecule has 1 amide bonds. The Hall–Kier alpha value is -0.593. The van der Waals surface area contributed by atoms with Gasteiger partial charge in [-0.2, -0.15) is 0 Å². The molecule has 0 radical (unpaired) electrons. The lowest BCUT2D eigenvalue weighted by Gasteiger charge is -2.39. The third kappa shape index (κ3) is 6.36. The van der Waals surface area contributed by atoms with Crippen LogP contribution in [0.1, 0.15) is 41.5 Å². The lowest BCUT2D eigenvalue weighted by atomic mass is 10.0. The predicted octanol–water partition coefficient (Wildman–Crippen LogP) is 3.40. The molecule has 0 aromatic rings. The molecule has 126 valence electrons. The van der Waals surface area contributed by atoms with Gasteiger partial charge in [0.25, 0.3) is 0 Å². The standard InChI is InChI=1S/C15H33NO4Si/c1-14(2,3)16(13(18)19)9-12(10-17)11-20-21(7,8)15(4,5)6/h12,17H,9-11H2,1-8H3,(H,18,19). The first-order valence-corrected chi connectivity index (χ1v) is 10.4. The average Bonchev–Trinajstić information content (AvgIpc) is 2.25. The third-order valence-corrected chi connectivity index (χ3v) is 8.73. The van der Waals surface area contributed by atoms with E-state index in [4.69, 9.17) is 4.43 Å². The predicted molar refractivity (Wildman–Crippen MR) is 88.2 cm³/mol. The molecule has 0 bridgehead atoms. The van der Waals surface area contributed by atoms with E-state index >= 15 is 0 Å². The molecular formula is C15H33NO4Si. The Bertz CT molecular complexity index is 345. The van der Waals surface area contributed by atoms with Crippen molar-refractivity contribution in [1.29, 1.82) is 0 Å². The van der Waals surface area contributed by atoms with Gasteiger partial charge in [-0.05, 0) is 38.9 Å². The molecule has 0 heterocycles. The van der Waals surface area contributed by atoms with E-state index in [1.165, 1.54) is 4.90 Å². The largest absolute Gasteiger partial charge is 0.465 e. The molecule has 0 saturated heterocycles. The van der Waals surface area contributed by atoms with E-state index in [1.807, 2.05) is 20.8 Å². The van der Waals surface area contributed by atoms with Crippen molar-refractivity contribution in [2.45, 2.75) is 65.2 Å². The van der Waals surface area contributed by atoms with E-state index in [2.05, 4.69) is 33.9 Å². The van der Waals surface area contributed by atoms with Crippen LogP contribution in [0.15, 0.2) is 0 Å². The molecule has 1 unspecified atom stereocenters. The van der Waals surface area contributed by atoms with Crippen LogP contribution in [0.5, 0.6) is 0 Å². The van der Waals surface area contributed by atoms with Gasteiger partial charge in [0.2, 0.25) is 0 Å². The SMILES string of the molecule is CC(C)(C)N(CC(CO)CO[Si](C)(C)C(C)(C)C)C(=O)O. The summed E-state index contributed by atoms with van der Waals surface area (Å²) in [5.41, 5.74) is -0.490. The van der Waals surface area contributed by atoms with Crippen LogP contribution in [0.2, 0.25) is 18.1 Å². The van der Waals surface area contributed by atoms with Crippen LogP contribution in [0.25, 0.3) is 0 Å². The maximum absolute atomic E-state index is 11.4. The molecule has 0 rings (SSSR count). The average molecular weight is 320 g/mol. The molecule has 5 nitrogen and oxygen atoms in total. The van der Waals surface area contributed by atoms with Crippen molar-refractivity contribution in [3.05, 3.63) is 0 Å². The minimum atomic E-state index is -1.89. The number of nitrogens with zero attached hydrogens (tertiary/aromatic N) is 1. The smallest absolute Gasteiger partial charge is 0.407 e. The zero-order valence-corrected chi connectivity index (χ0v) is 15.9. The van der Waals surface area contributed by atoms with Gasteiger partial charge >= 0.3 is 6.09 Å². The van der Waals surface area contributed by atoms with Gasteiger partial charge in [-0.3, -0.25) is 0 Å². The number of aliphatic hydroxyl groups is 1. The maximum Gasteiger partial charge on any atom is 0.407 e. The molecule has 0 spiro atoms. The van der Waals surface area contributed by atoms with E-state index < -0.39 is 19.9 Å². The number of hydrogen-bond acceptors (Lipinski definition) is 3. The first-order valence-electron chi connectivity index (χ1n) is 7.47. The second kappa shape index (κ2) is 7.11. The van der Waals surface area contributed by atoms with Crippen molar-refractivity contribution in [3.63, 3.8) is 0 Å². The molecule has 6 heteroatoms. The summed E-state index contributed by atoms with van der Waals surface area (Å²) in [7, 11) is -1.89. The van der Waals surface area contributed by atoms with Gasteiger partial charge in [0.15, 0.2) is 8.32 Å². The minimum Gasteiger partial charge on any atom is -0.465 e. The Balaban J connectivity index is 4.78. The van der Waals surface area contributed by atoms with Gasteiger partial charge in [0.1, 0.15) is 0 Å². The Morgan fingerprint density at radius 2 is 1.67 bits per heavy atom. The van der Waals surface area contributed by atoms with Crippen molar-refractivity contribution < 1.29 is 19.4 Å². The van der Waals surface area contributed by atoms with Crippen molar-refractivity contribution in [3.8, 4) is 0 Å². The fourth-order valence-electron chi connectivity index (χ4n) is 1.60. The molecule has 0 aromatic carbocycles. The molecular weight excluding hydrogens is 286 g/mol. The normalized spacial score (nSPS) is 14.9. The van der Waals surface area contributed by atoms with Crippen LogP contribution in [-0.4, -0.2) is 54.8 Å². The monoisotopic (exact) mass is 319 g/mol. The van der Waals surface area contributed by atoms with Crippen LogP contribution < -0.4 is 0 Å². The zero-order valence-electron chi connectivity index (χ0n) is 14.9. The number of rotatable bonds is 6. The summed E-state index contributed by atoms with van der Waals surface area (Å²) in [6, 6.07) is 0. The highest BCUT2D eigenvalue weighted by molar-refractivity contribution is 6.74. The lowest BCUT2D eigenvalue weighted by molar-refractivity contribution is 0.0627. The molecule has 2 N–H and O–H groups in total. The Kier molecular flexibility index (Phi) is 6.91. The fraction of sp³-hybridized carbons (Fsp3) is 0.933. The molecule has 0 fully saturated rings. The van der Waals surface area contributed by atoms with Gasteiger partial charge in [0, 0.05) is 31.2 Å². The first kappa shape index (κ1) is 20.4. The number of carbonyl (C=O) groups is 1. The molecule has 0 aliphatic heterocycles. The summed E-state index contributed by atoms with van der Waals surface area (Å²) in [6.45, 7) is 16.9. The summed E-state index contributed by atoms with van der Waals surface area (Å²) < 4.78 is 6.10. The van der Waals surface area contributed by atoms with Gasteiger partial charge < -0.3 is 19.5 Å². The van der Waals surface area contributed by atoms with Crippen molar-refractivity contribution in [2.24, 2.45) is 5.92 Å². The highest BCUT2D eigenvalue weighted by Crippen LogP contribution is 2.36. The summed E-state index contributed by atoms with van der Waals surface area (Å²) in [5, 5.41) is 19.0. The van der Waals surface area contributed by atoms with E-state index in [-0.39, 0.29) is 24.1 Å². The van der Waals surface area contributed by atoms with Crippen LogP contribution in [0.4, 0.5) is 4.79 Å². The first-order chi connectivity index (χ1) is 9.22. The van der Waals surface area contributed by atoms with E-state index in [0.717, 1.165) is 0 Å². The highest BCUT2D eigenvalue weighted by Gasteiger charge is 2.38. The lowest BCUT2D eigenvalue weighted by Crippen LogP contribution is -2.49. The fourth-order valence-corrected chi connectivity index (χ4v) is 2.69. The second-order valence-corrected chi connectivity index (χ2v) is 13.0. The Morgan fingerprint density at radius 1 is 1.19 bits per heavy atom. The maximum atomic E-state index is 11.4. The Morgan fingerprint density at radius 3 is 1.95 bits per heavy atom. The van der Waals surface area contributed by atoms with E-state index in [0.29, 0.717) is 6.61 Å². The Labute approximate surface area is 130 Å². The molecule has 21 heavy (non-hydrogen) atoms. The third-order valence-electron chi connectivity index (χ3n) is 4.23. The quantitative estimate of drug-likeness (QED) is 0.736. The summed E-state index contributed by atoms with van der Waals surface area (Å²) in [5.74, 6) is -0.200. The number of amides is 1. The summed E-state index contributed by atoms with van der Waals surface area (Å²) in [6.07, 6.45) is -0.965. The van der Waals surface area contributed by atoms with Crippen LogP contribution in [0, 0.1) is 5.92 Å². The van der Waals surface area contributed by atoms with Gasteiger partial charge in [-0.15, -0.1) is 0 Å². The zero-order chi connectivity index (χ0) is 17.1. The summed E-state index contributed by atoms with van der Waals surface area (Å²) in [4.78, 5) is 12.7. The molecule has 0 aliphatic carbocycles. The van der Waals surface area contributed by atoms with Gasteiger partial charge in [-0.1, -0.05) is 20.8 Å². The molecule has 0 aromatic heterocycles. The highest BCUT2D eigenvalue weighted by atomic mass is 28.4.